The molecule has 0 unspecified atom stereocenters. The Morgan fingerprint density at radius 3 is 1.04 bits per heavy atom. The summed E-state index contributed by atoms with van der Waals surface area (Å²) in [6.07, 6.45) is 0. The van der Waals surface area contributed by atoms with Gasteiger partial charge in [0.1, 0.15) is 0 Å². The van der Waals surface area contributed by atoms with Crippen LogP contribution in [0.2, 0.25) is 0 Å². The third-order valence-corrected chi connectivity index (χ3v) is 17.7. The van der Waals surface area contributed by atoms with Crippen LogP contribution in [-0.2, 0) is 0 Å². The van der Waals surface area contributed by atoms with Crippen LogP contribution in [0.3, 0.4) is 0 Å². The Hall–Kier alpha value is -12.7. The number of benzene rings is 12. The lowest BCUT2D eigenvalue weighted by atomic mass is 9.95. The van der Waals surface area contributed by atoms with Crippen molar-refractivity contribution in [3.63, 3.8) is 0 Å². The van der Waals surface area contributed by atoms with E-state index in [1.807, 2.05) is 66.7 Å². The topological polar surface area (TPSA) is 90.2 Å². The van der Waals surface area contributed by atoms with Crippen molar-refractivity contribution in [2.75, 3.05) is 0 Å². The van der Waals surface area contributed by atoms with Gasteiger partial charge in [0.15, 0.2) is 5.82 Å². The molecule has 0 radical (unpaired) electrons. The van der Waals surface area contributed by atoms with Gasteiger partial charge in [-0.2, -0.15) is 0 Å². The molecule has 7 nitrogen and oxygen atoms in total. The van der Waals surface area contributed by atoms with E-state index in [-0.39, 0.29) is 0 Å². The minimum Gasteiger partial charge on any atom is -0.248 e. The molecule has 7 heteroatoms. The first kappa shape index (κ1) is 55.4. The minimum absolute atomic E-state index is 0.695. The molecule has 0 fully saturated rings. The van der Waals surface area contributed by atoms with Gasteiger partial charge in [-0.15, -0.1) is 0 Å². The van der Waals surface area contributed by atoms with Crippen LogP contribution in [0.15, 0.2) is 334 Å². The molecule has 438 valence electrons. The Bertz CT molecular complexity index is 5830. The third kappa shape index (κ3) is 10.5. The second kappa shape index (κ2) is 23.9. The Labute approximate surface area is 542 Å². The summed E-state index contributed by atoms with van der Waals surface area (Å²) in [5.74, 6) is 0.695. The fourth-order valence-corrected chi connectivity index (χ4v) is 13.0. The maximum atomic E-state index is 5.29. The second-order valence-corrected chi connectivity index (χ2v) is 23.5. The van der Waals surface area contributed by atoms with Crippen LogP contribution >= 0.6 is 0 Å². The van der Waals surface area contributed by atoms with Crippen LogP contribution < -0.4 is 0 Å². The van der Waals surface area contributed by atoms with Gasteiger partial charge in [-0.25, -0.2) is 34.9 Å². The van der Waals surface area contributed by atoms with E-state index in [0.717, 1.165) is 149 Å². The predicted molar refractivity (Wildman–Crippen MR) is 389 cm³/mol. The summed E-state index contributed by atoms with van der Waals surface area (Å²) in [6.45, 7) is 0. The van der Waals surface area contributed by atoms with Crippen LogP contribution in [-0.4, -0.2) is 34.9 Å². The zero-order valence-electron chi connectivity index (χ0n) is 50.9. The summed E-state index contributed by atoms with van der Waals surface area (Å²) < 4.78 is 0. The number of nitrogens with zero attached hydrogens (tertiary/aromatic N) is 7. The van der Waals surface area contributed by atoms with Gasteiger partial charge in [-0.1, -0.05) is 285 Å². The lowest BCUT2D eigenvalue weighted by molar-refractivity contribution is 1.18. The highest BCUT2D eigenvalue weighted by molar-refractivity contribution is 6.17. The van der Waals surface area contributed by atoms with E-state index >= 15 is 0 Å². The molecule has 0 aliphatic heterocycles. The second-order valence-electron chi connectivity index (χ2n) is 23.5. The molecule has 0 saturated heterocycles. The Morgan fingerprint density at radius 1 is 0.160 bits per heavy atom. The summed E-state index contributed by atoms with van der Waals surface area (Å²) in [6, 6.07) is 116. The highest BCUT2D eigenvalue weighted by Gasteiger charge is 2.19. The monoisotopic (exact) mass is 1200 g/mol. The van der Waals surface area contributed by atoms with Crippen molar-refractivity contribution in [2.45, 2.75) is 0 Å². The number of para-hydroxylation sites is 3. The lowest BCUT2D eigenvalue weighted by Crippen LogP contribution is -1.96. The Kier molecular flexibility index (Phi) is 14.1. The van der Waals surface area contributed by atoms with Crippen molar-refractivity contribution in [1.82, 2.24) is 34.9 Å². The molecule has 0 saturated carbocycles. The predicted octanol–water partition coefficient (Wildman–Crippen LogP) is 22.2. The summed E-state index contributed by atoms with van der Waals surface area (Å²) in [5, 5.41) is 7.77. The quantitative estimate of drug-likeness (QED) is 0.105. The van der Waals surface area contributed by atoms with Crippen LogP contribution in [0.5, 0.6) is 0 Å². The first-order valence-electron chi connectivity index (χ1n) is 31.6. The maximum Gasteiger partial charge on any atom is 0.160 e. The Balaban J connectivity index is 0.000000143. The average molecular weight is 1200 g/mol. The smallest absolute Gasteiger partial charge is 0.160 e. The van der Waals surface area contributed by atoms with Gasteiger partial charge in [0.25, 0.3) is 0 Å². The number of hydrogen-bond acceptors (Lipinski definition) is 7. The van der Waals surface area contributed by atoms with E-state index in [1.165, 1.54) is 22.3 Å². The number of aromatic nitrogens is 7. The van der Waals surface area contributed by atoms with E-state index < -0.39 is 0 Å². The normalized spacial score (nSPS) is 11.4. The van der Waals surface area contributed by atoms with Crippen molar-refractivity contribution in [1.29, 1.82) is 0 Å². The summed E-state index contributed by atoms with van der Waals surface area (Å²) >= 11 is 0. The summed E-state index contributed by atoms with van der Waals surface area (Å²) in [7, 11) is 0. The SMILES string of the molecule is c1ccc(-c2c3ccccc3nc3c2ccc2ccc(-c4ccc(-c5ccc(-c6ccc7ccccc7n6)cc5)cc4)nc23)cc1.c1ccc(-c2cc(-c3cccc(-c4ccc5ccc6c(-c7ccccc7)c7ccccc7nc6c5n4)c3)nc(-c3ccccc3)n2)cc1. The van der Waals surface area contributed by atoms with Gasteiger partial charge in [-0.05, 0) is 70.8 Å². The molecule has 0 amide bonds. The van der Waals surface area contributed by atoms with Crippen molar-refractivity contribution in [3.8, 4) is 101 Å². The molecule has 0 atom stereocenters. The molecule has 12 aromatic carbocycles. The van der Waals surface area contributed by atoms with E-state index in [0.29, 0.717) is 5.82 Å². The highest BCUT2D eigenvalue weighted by Crippen LogP contribution is 2.41. The maximum absolute atomic E-state index is 5.29. The molecule has 0 aliphatic rings. The molecule has 6 aromatic heterocycles. The first-order chi connectivity index (χ1) is 46.6. The number of pyridine rings is 5. The van der Waals surface area contributed by atoms with Crippen molar-refractivity contribution >= 4 is 76.3 Å². The molecule has 0 aliphatic carbocycles. The molecular formula is C87H55N7. The Morgan fingerprint density at radius 2 is 0.521 bits per heavy atom. The van der Waals surface area contributed by atoms with Gasteiger partial charge in [0, 0.05) is 82.2 Å². The summed E-state index contributed by atoms with van der Waals surface area (Å²) in [5.41, 5.74) is 24.4. The van der Waals surface area contributed by atoms with Crippen LogP contribution in [0.4, 0.5) is 0 Å². The summed E-state index contributed by atoms with van der Waals surface area (Å²) in [4.78, 5) is 35.7. The van der Waals surface area contributed by atoms with Crippen LogP contribution in [0.1, 0.15) is 0 Å². The van der Waals surface area contributed by atoms with E-state index in [1.54, 1.807) is 0 Å². The molecule has 0 N–H and O–H groups in total. The fourth-order valence-electron chi connectivity index (χ4n) is 13.0. The van der Waals surface area contributed by atoms with Gasteiger partial charge in [0.05, 0.1) is 67.1 Å². The number of rotatable bonds is 9. The molecule has 0 spiro atoms. The molecular weight excluding hydrogens is 1140 g/mol. The third-order valence-electron chi connectivity index (χ3n) is 17.7. The van der Waals surface area contributed by atoms with Crippen molar-refractivity contribution < 1.29 is 0 Å². The van der Waals surface area contributed by atoms with Crippen LogP contribution in [0.25, 0.3) is 177 Å². The molecule has 18 aromatic rings. The zero-order valence-corrected chi connectivity index (χ0v) is 50.9. The van der Waals surface area contributed by atoms with Crippen LogP contribution in [0, 0.1) is 0 Å². The highest BCUT2D eigenvalue weighted by atomic mass is 14.9. The zero-order chi connectivity index (χ0) is 62.3. The lowest BCUT2D eigenvalue weighted by Gasteiger charge is -2.13. The number of hydrogen-bond donors (Lipinski definition) is 0. The van der Waals surface area contributed by atoms with Gasteiger partial charge < -0.3 is 0 Å². The van der Waals surface area contributed by atoms with Crippen molar-refractivity contribution in [2.24, 2.45) is 0 Å². The first-order valence-corrected chi connectivity index (χ1v) is 31.6. The molecule has 94 heavy (non-hydrogen) atoms. The fraction of sp³-hybridized carbons (Fsp3) is 0. The molecule has 18 rings (SSSR count). The largest absolute Gasteiger partial charge is 0.248 e. The minimum atomic E-state index is 0.695. The van der Waals surface area contributed by atoms with E-state index in [4.69, 9.17) is 34.9 Å². The van der Waals surface area contributed by atoms with Gasteiger partial charge in [0.2, 0.25) is 0 Å². The van der Waals surface area contributed by atoms with Crippen molar-refractivity contribution in [3.05, 3.63) is 334 Å². The molecule has 0 bridgehead atoms. The van der Waals surface area contributed by atoms with E-state index in [9.17, 15) is 0 Å². The van der Waals surface area contributed by atoms with Gasteiger partial charge >= 0.3 is 0 Å². The molecule has 6 heterocycles. The standard InChI is InChI=1S/C44H28N4.C43H27N3/c1-4-13-29(14-5-1)39-28-40(48-44(47-39)32-17-8-3-9-18-32)34-20-12-19-33(27-34)37-26-24-31-23-25-36-41(30-15-6-2-7-16-30)35-21-10-11-22-38(35)46-43(36)42(31)45-37;1-2-9-33(10-3-1)41-35-11-5-7-13-40(35)46-43-36(41)25-22-34-24-27-39(45-42(34)43)32-20-16-29(17-21-32)28-14-18-31(19-15-28)38-26-23-30-8-4-6-12-37(30)44-38/h1-28H;1-27H. The number of fused-ring (bicyclic) bond motifs is 9. The van der Waals surface area contributed by atoms with Gasteiger partial charge in [-0.3, -0.25) is 0 Å². The van der Waals surface area contributed by atoms with E-state index in [2.05, 4.69) is 267 Å². The average Bonchev–Trinajstić information content (AvgIpc) is 0.753.